The van der Waals surface area contributed by atoms with Crippen LogP contribution in [-0.4, -0.2) is 23.8 Å². The molecule has 2 aromatic rings. The fourth-order valence-corrected chi connectivity index (χ4v) is 2.57. The second-order valence-corrected chi connectivity index (χ2v) is 6.04. The number of hydrogen-bond acceptors (Lipinski definition) is 5. The summed E-state index contributed by atoms with van der Waals surface area (Å²) in [6.45, 7) is 0. The van der Waals surface area contributed by atoms with Crippen LogP contribution in [0.3, 0.4) is 0 Å². The Balaban J connectivity index is 1.93. The molecule has 1 heterocycles. The van der Waals surface area contributed by atoms with E-state index in [9.17, 15) is 4.79 Å². The van der Waals surface area contributed by atoms with Crippen LogP contribution in [0.5, 0.6) is 5.75 Å². The number of anilines is 2. The molecule has 0 saturated heterocycles. The average Bonchev–Trinajstić information content (AvgIpc) is 2.49. The normalized spacial score (nSPS) is 10.2. The zero-order valence-electron chi connectivity index (χ0n) is 11.3. The van der Waals surface area contributed by atoms with Crippen molar-refractivity contribution in [2.75, 3.05) is 23.9 Å². The van der Waals surface area contributed by atoms with E-state index in [-0.39, 0.29) is 11.7 Å². The first-order chi connectivity index (χ1) is 10.1. The molecule has 2 rings (SSSR count). The highest BCUT2D eigenvalue weighted by Crippen LogP contribution is 2.29. The first kappa shape index (κ1) is 15.7. The molecule has 0 radical (unpaired) electrons. The van der Waals surface area contributed by atoms with Crippen LogP contribution < -0.4 is 15.8 Å². The molecule has 110 valence electrons. The minimum absolute atomic E-state index is 0.142. The smallest absolute Gasteiger partial charge is 0.235 e. The summed E-state index contributed by atoms with van der Waals surface area (Å²) in [5.41, 5.74) is 6.49. The summed E-state index contributed by atoms with van der Waals surface area (Å²) in [7, 11) is 1.59. The molecule has 0 aliphatic carbocycles. The summed E-state index contributed by atoms with van der Waals surface area (Å²) >= 11 is 4.64. The molecule has 0 saturated carbocycles. The topological polar surface area (TPSA) is 77.2 Å². The van der Waals surface area contributed by atoms with E-state index in [2.05, 4.69) is 26.2 Å². The number of ether oxygens (including phenoxy) is 1. The minimum Gasteiger partial charge on any atom is -0.497 e. The van der Waals surface area contributed by atoms with E-state index in [1.165, 1.54) is 11.8 Å². The highest BCUT2D eigenvalue weighted by molar-refractivity contribution is 9.10. The molecule has 0 aliphatic rings. The van der Waals surface area contributed by atoms with Crippen molar-refractivity contribution < 1.29 is 9.53 Å². The molecule has 1 aromatic heterocycles. The lowest BCUT2D eigenvalue weighted by molar-refractivity contribution is -0.113. The maximum Gasteiger partial charge on any atom is 0.235 e. The number of halogens is 1. The summed E-state index contributed by atoms with van der Waals surface area (Å²) in [6, 6.07) is 8.90. The predicted octanol–water partition coefficient (Wildman–Crippen LogP) is 3.17. The largest absolute Gasteiger partial charge is 0.497 e. The van der Waals surface area contributed by atoms with Crippen LogP contribution in [0.1, 0.15) is 0 Å². The standard InChI is InChI=1S/C14H14BrN3O2S/c1-20-10-3-4-11(16)12(6-10)21-8-14(19)18-13-5-2-9(15)7-17-13/h2-7H,8,16H2,1H3,(H,17,18,19). The van der Waals surface area contributed by atoms with Crippen molar-refractivity contribution in [1.82, 2.24) is 4.98 Å². The third kappa shape index (κ3) is 4.64. The zero-order valence-corrected chi connectivity index (χ0v) is 13.7. The Morgan fingerprint density at radius 3 is 2.90 bits per heavy atom. The van der Waals surface area contributed by atoms with E-state index in [0.717, 1.165) is 9.37 Å². The SMILES string of the molecule is COc1ccc(N)c(SCC(=O)Nc2ccc(Br)cn2)c1. The third-order valence-corrected chi connectivity index (χ3v) is 4.11. The van der Waals surface area contributed by atoms with Crippen molar-refractivity contribution in [3.05, 3.63) is 41.0 Å². The number of thioether (sulfide) groups is 1. The summed E-state index contributed by atoms with van der Waals surface area (Å²) < 4.78 is 6.00. The van der Waals surface area contributed by atoms with E-state index in [1.807, 2.05) is 12.1 Å². The quantitative estimate of drug-likeness (QED) is 0.626. The molecular formula is C14H14BrN3O2S. The molecule has 1 aromatic carbocycles. The van der Waals surface area contributed by atoms with Crippen molar-refractivity contribution in [3.63, 3.8) is 0 Å². The highest BCUT2D eigenvalue weighted by Gasteiger charge is 2.07. The maximum absolute atomic E-state index is 11.9. The number of hydrogen-bond donors (Lipinski definition) is 2. The minimum atomic E-state index is -0.142. The molecule has 0 fully saturated rings. The van der Waals surface area contributed by atoms with Crippen LogP contribution in [0.15, 0.2) is 45.9 Å². The monoisotopic (exact) mass is 367 g/mol. The zero-order chi connectivity index (χ0) is 15.2. The number of amides is 1. The van der Waals surface area contributed by atoms with Gasteiger partial charge in [0.25, 0.3) is 0 Å². The van der Waals surface area contributed by atoms with Crippen molar-refractivity contribution >= 4 is 45.1 Å². The number of nitrogens with two attached hydrogens (primary N) is 1. The van der Waals surface area contributed by atoms with Gasteiger partial charge in [-0.2, -0.15) is 0 Å². The van der Waals surface area contributed by atoms with Crippen molar-refractivity contribution in [2.24, 2.45) is 0 Å². The van der Waals surface area contributed by atoms with Gasteiger partial charge in [0.1, 0.15) is 11.6 Å². The summed E-state index contributed by atoms with van der Waals surface area (Å²) in [4.78, 5) is 16.8. The molecule has 7 heteroatoms. The Bertz CT molecular complexity index is 635. The van der Waals surface area contributed by atoms with Gasteiger partial charge in [0.05, 0.1) is 12.9 Å². The van der Waals surface area contributed by atoms with Gasteiger partial charge in [0.15, 0.2) is 0 Å². The van der Waals surface area contributed by atoms with E-state index < -0.39 is 0 Å². The number of pyridine rings is 1. The maximum atomic E-state index is 11.9. The van der Waals surface area contributed by atoms with E-state index in [0.29, 0.717) is 17.3 Å². The first-order valence-corrected chi connectivity index (χ1v) is 7.84. The van der Waals surface area contributed by atoms with Crippen LogP contribution >= 0.6 is 27.7 Å². The van der Waals surface area contributed by atoms with E-state index in [4.69, 9.17) is 10.5 Å². The molecule has 21 heavy (non-hydrogen) atoms. The molecule has 3 N–H and O–H groups in total. The first-order valence-electron chi connectivity index (χ1n) is 6.06. The second kappa shape index (κ2) is 7.33. The lowest BCUT2D eigenvalue weighted by atomic mass is 10.3. The number of nitrogens with one attached hydrogen (secondary N) is 1. The van der Waals surface area contributed by atoms with E-state index >= 15 is 0 Å². The van der Waals surface area contributed by atoms with Crippen LogP contribution in [0, 0.1) is 0 Å². The molecule has 5 nitrogen and oxygen atoms in total. The van der Waals surface area contributed by atoms with Crippen molar-refractivity contribution in [1.29, 1.82) is 0 Å². The van der Waals surface area contributed by atoms with Crippen molar-refractivity contribution in [2.45, 2.75) is 4.90 Å². The van der Waals surface area contributed by atoms with Gasteiger partial charge in [-0.05, 0) is 46.3 Å². The van der Waals surface area contributed by atoms with Gasteiger partial charge < -0.3 is 15.8 Å². The van der Waals surface area contributed by atoms with Crippen LogP contribution in [-0.2, 0) is 4.79 Å². The summed E-state index contributed by atoms with van der Waals surface area (Å²) in [5, 5.41) is 2.72. The third-order valence-electron chi connectivity index (χ3n) is 2.57. The number of benzene rings is 1. The Kier molecular flexibility index (Phi) is 5.46. The number of nitrogen functional groups attached to an aromatic ring is 1. The van der Waals surface area contributed by atoms with Gasteiger partial charge in [-0.3, -0.25) is 4.79 Å². The Labute approximate surface area is 135 Å². The molecule has 1 amide bonds. The molecule has 0 aliphatic heterocycles. The summed E-state index contributed by atoms with van der Waals surface area (Å²) in [5.74, 6) is 1.33. The number of rotatable bonds is 5. The number of aromatic nitrogens is 1. The fourth-order valence-electron chi connectivity index (χ4n) is 1.54. The molecule has 0 atom stereocenters. The number of methoxy groups -OCH3 is 1. The molecule has 0 bridgehead atoms. The van der Waals surface area contributed by atoms with Gasteiger partial charge >= 0.3 is 0 Å². The van der Waals surface area contributed by atoms with Gasteiger partial charge in [-0.25, -0.2) is 4.98 Å². The molecular weight excluding hydrogens is 354 g/mol. The highest BCUT2D eigenvalue weighted by atomic mass is 79.9. The van der Waals surface area contributed by atoms with E-state index in [1.54, 1.807) is 31.5 Å². The Morgan fingerprint density at radius 2 is 2.24 bits per heavy atom. The van der Waals surface area contributed by atoms with Crippen molar-refractivity contribution in [3.8, 4) is 5.75 Å². The van der Waals surface area contributed by atoms with Gasteiger partial charge in [-0.15, -0.1) is 11.8 Å². The van der Waals surface area contributed by atoms with Crippen LogP contribution in [0.2, 0.25) is 0 Å². The summed E-state index contributed by atoms with van der Waals surface area (Å²) in [6.07, 6.45) is 1.63. The molecule has 0 unspecified atom stereocenters. The van der Waals surface area contributed by atoms with Crippen LogP contribution in [0.4, 0.5) is 11.5 Å². The van der Waals surface area contributed by atoms with Crippen LogP contribution in [0.25, 0.3) is 0 Å². The Hall–Kier alpha value is -1.73. The lowest BCUT2D eigenvalue weighted by Crippen LogP contribution is -2.15. The fraction of sp³-hybridized carbons (Fsp3) is 0.143. The van der Waals surface area contributed by atoms with Gasteiger partial charge in [0, 0.05) is 21.3 Å². The average molecular weight is 368 g/mol. The van der Waals surface area contributed by atoms with Gasteiger partial charge in [0.2, 0.25) is 5.91 Å². The van der Waals surface area contributed by atoms with Gasteiger partial charge in [-0.1, -0.05) is 0 Å². The molecule has 0 spiro atoms. The number of nitrogens with zero attached hydrogens (tertiary/aromatic N) is 1. The number of carbonyl (C=O) groups is 1. The predicted molar refractivity (Wildman–Crippen MR) is 88.7 cm³/mol. The number of carbonyl (C=O) groups excluding carboxylic acids is 1. The Morgan fingerprint density at radius 1 is 1.43 bits per heavy atom. The second-order valence-electron chi connectivity index (χ2n) is 4.10. The lowest BCUT2D eigenvalue weighted by Gasteiger charge is -2.08.